The van der Waals surface area contributed by atoms with Gasteiger partial charge in [-0.2, -0.15) is 13.2 Å². The van der Waals surface area contributed by atoms with E-state index in [1.54, 1.807) is 0 Å². The number of rotatable bonds is 4. The van der Waals surface area contributed by atoms with Crippen LogP contribution in [0.1, 0.15) is 32.2 Å². The largest absolute Gasteiger partial charge is 0.433 e. The van der Waals surface area contributed by atoms with E-state index in [0.29, 0.717) is 5.13 Å². The number of carbonyl (C=O) groups excluding carboxylic acids is 1. The molecule has 0 aliphatic carbocycles. The summed E-state index contributed by atoms with van der Waals surface area (Å²) in [5, 5.41) is 3.11. The molecule has 3 heterocycles. The Morgan fingerprint density at radius 1 is 1.17 bits per heavy atom. The van der Waals surface area contributed by atoms with Crippen LogP contribution in [0.2, 0.25) is 0 Å². The van der Waals surface area contributed by atoms with Crippen molar-refractivity contribution in [2.75, 3.05) is 11.9 Å². The topological polar surface area (TPSA) is 58.1 Å². The van der Waals surface area contributed by atoms with E-state index in [2.05, 4.69) is 32.3 Å². The summed E-state index contributed by atoms with van der Waals surface area (Å²) in [5.41, 5.74) is 1.22. The number of aromatic nitrogens is 2. The van der Waals surface area contributed by atoms with E-state index in [4.69, 9.17) is 0 Å². The fourth-order valence-corrected chi connectivity index (χ4v) is 4.19. The lowest BCUT2D eigenvalue weighted by molar-refractivity contribution is -0.141. The summed E-state index contributed by atoms with van der Waals surface area (Å²) in [7, 11) is 0. The molecule has 150 valence electrons. The van der Waals surface area contributed by atoms with Crippen LogP contribution in [-0.2, 0) is 25.7 Å². The first kappa shape index (κ1) is 19.5. The van der Waals surface area contributed by atoms with Crippen molar-refractivity contribution < 1.29 is 18.0 Å². The van der Waals surface area contributed by atoms with Gasteiger partial charge in [0.05, 0.1) is 11.3 Å². The summed E-state index contributed by atoms with van der Waals surface area (Å²) in [6, 6.07) is 12.1. The van der Waals surface area contributed by atoms with Gasteiger partial charge in [0.25, 0.3) is 5.91 Å². The zero-order chi connectivity index (χ0) is 20.4. The highest BCUT2D eigenvalue weighted by Crippen LogP contribution is 2.30. The average Bonchev–Trinajstić information content (AvgIpc) is 3.09. The molecule has 1 amide bonds. The molecule has 9 heteroatoms. The second-order valence-electron chi connectivity index (χ2n) is 6.72. The van der Waals surface area contributed by atoms with Gasteiger partial charge in [0, 0.05) is 37.1 Å². The lowest BCUT2D eigenvalue weighted by Crippen LogP contribution is -2.29. The van der Waals surface area contributed by atoms with E-state index in [1.807, 2.05) is 18.2 Å². The number of halogens is 3. The third kappa shape index (κ3) is 4.63. The lowest BCUT2D eigenvalue weighted by Gasteiger charge is -2.25. The summed E-state index contributed by atoms with van der Waals surface area (Å²) >= 11 is 1.39. The maximum absolute atomic E-state index is 12.6. The lowest BCUT2D eigenvalue weighted by atomic mass is 10.1. The third-order valence-corrected chi connectivity index (χ3v) is 5.59. The molecular weight excluding hydrogens is 401 g/mol. The van der Waals surface area contributed by atoms with Crippen molar-refractivity contribution in [1.82, 2.24) is 14.9 Å². The Bertz CT molecular complexity index is 1000. The molecule has 0 bridgehead atoms. The first-order valence-electron chi connectivity index (χ1n) is 8.98. The molecule has 0 spiro atoms. The maximum Gasteiger partial charge on any atom is 0.433 e. The molecule has 5 nitrogen and oxygen atoms in total. The van der Waals surface area contributed by atoms with E-state index in [1.165, 1.54) is 16.9 Å². The molecule has 3 aromatic rings. The van der Waals surface area contributed by atoms with Crippen molar-refractivity contribution >= 4 is 22.4 Å². The molecule has 1 aliphatic rings. The van der Waals surface area contributed by atoms with E-state index in [9.17, 15) is 18.0 Å². The predicted octanol–water partition coefficient (Wildman–Crippen LogP) is 4.37. The Labute approximate surface area is 169 Å². The number of benzene rings is 1. The minimum absolute atomic E-state index is 0.0527. The Hall–Kier alpha value is -2.78. The number of fused-ring (bicyclic) bond motifs is 1. The van der Waals surface area contributed by atoms with Crippen LogP contribution < -0.4 is 5.32 Å². The van der Waals surface area contributed by atoms with Gasteiger partial charge in [-0.25, -0.2) is 4.98 Å². The van der Waals surface area contributed by atoms with Crippen LogP contribution in [-0.4, -0.2) is 27.3 Å². The number of nitrogens with one attached hydrogen (secondary N) is 1. The molecule has 0 fully saturated rings. The minimum Gasteiger partial charge on any atom is -0.298 e. The van der Waals surface area contributed by atoms with Crippen LogP contribution in [0.4, 0.5) is 18.3 Å². The number of pyridine rings is 1. The van der Waals surface area contributed by atoms with Crippen molar-refractivity contribution in [3.8, 4) is 0 Å². The van der Waals surface area contributed by atoms with Gasteiger partial charge in [0.1, 0.15) is 5.69 Å². The molecule has 0 saturated heterocycles. The summed E-state index contributed by atoms with van der Waals surface area (Å²) in [6.45, 7) is 2.47. The van der Waals surface area contributed by atoms with Gasteiger partial charge in [-0.15, -0.1) is 11.3 Å². The van der Waals surface area contributed by atoms with Crippen molar-refractivity contribution in [1.29, 1.82) is 0 Å². The molecule has 0 radical (unpaired) electrons. The fourth-order valence-electron chi connectivity index (χ4n) is 3.14. The molecule has 1 N–H and O–H groups in total. The number of nitrogens with zero attached hydrogens (tertiary/aromatic N) is 3. The van der Waals surface area contributed by atoms with Crippen molar-refractivity contribution in [2.45, 2.75) is 25.7 Å². The van der Waals surface area contributed by atoms with Crippen LogP contribution >= 0.6 is 11.3 Å². The first-order valence-corrected chi connectivity index (χ1v) is 9.79. The highest BCUT2D eigenvalue weighted by atomic mass is 32.1. The number of hydrogen-bond acceptors (Lipinski definition) is 5. The number of carbonyl (C=O) groups is 1. The van der Waals surface area contributed by atoms with Gasteiger partial charge in [0.2, 0.25) is 0 Å². The number of hydrogen-bond donors (Lipinski definition) is 1. The molecule has 29 heavy (non-hydrogen) atoms. The van der Waals surface area contributed by atoms with Crippen molar-refractivity contribution in [2.24, 2.45) is 0 Å². The van der Waals surface area contributed by atoms with Gasteiger partial charge in [-0.3, -0.25) is 20.0 Å². The van der Waals surface area contributed by atoms with E-state index >= 15 is 0 Å². The number of amides is 1. The smallest absolute Gasteiger partial charge is 0.298 e. The summed E-state index contributed by atoms with van der Waals surface area (Å²) in [4.78, 5) is 23.5. The van der Waals surface area contributed by atoms with Crippen molar-refractivity contribution in [3.05, 3.63) is 76.1 Å². The summed E-state index contributed by atoms with van der Waals surface area (Å²) < 4.78 is 37.8. The van der Waals surface area contributed by atoms with E-state index in [0.717, 1.165) is 55.0 Å². The first-order chi connectivity index (χ1) is 13.9. The van der Waals surface area contributed by atoms with Gasteiger partial charge >= 0.3 is 6.18 Å². The summed E-state index contributed by atoms with van der Waals surface area (Å²) in [6.07, 6.45) is -2.82. The van der Waals surface area contributed by atoms with E-state index < -0.39 is 17.8 Å². The van der Waals surface area contributed by atoms with Gasteiger partial charge < -0.3 is 0 Å². The molecule has 0 atom stereocenters. The molecule has 1 aliphatic heterocycles. The van der Waals surface area contributed by atoms with Crippen LogP contribution in [0.25, 0.3) is 0 Å². The second-order valence-corrected chi connectivity index (χ2v) is 7.80. The van der Waals surface area contributed by atoms with Crippen LogP contribution in [0.15, 0.2) is 48.7 Å². The molecule has 0 saturated carbocycles. The molecule has 0 unspecified atom stereocenters. The van der Waals surface area contributed by atoms with Gasteiger partial charge in [-0.05, 0) is 17.7 Å². The number of thiazole rings is 1. The van der Waals surface area contributed by atoms with Crippen LogP contribution in [0.3, 0.4) is 0 Å². The normalized spacial score (nSPS) is 14.4. The SMILES string of the molecule is O=C(Nc1nc2c(s1)CN(Cc1ccccc1)CC2)c1ccc(C(F)(F)F)nc1. The number of anilines is 1. The van der Waals surface area contributed by atoms with Crippen LogP contribution in [0, 0.1) is 0 Å². The monoisotopic (exact) mass is 418 g/mol. The van der Waals surface area contributed by atoms with Gasteiger partial charge in [0.15, 0.2) is 5.13 Å². The van der Waals surface area contributed by atoms with E-state index in [-0.39, 0.29) is 5.56 Å². The minimum atomic E-state index is -4.53. The number of alkyl halides is 3. The molecule has 1 aromatic carbocycles. The standard InChI is InChI=1S/C20H17F3N4OS/c21-20(22,23)17-7-6-14(10-24-17)18(28)26-19-25-15-8-9-27(12-16(15)29-19)11-13-4-2-1-3-5-13/h1-7,10H,8-9,11-12H2,(H,25,26,28). The Kier molecular flexibility index (Phi) is 5.33. The maximum atomic E-state index is 12.6. The zero-order valence-corrected chi connectivity index (χ0v) is 16.1. The zero-order valence-electron chi connectivity index (χ0n) is 15.2. The molecular formula is C20H17F3N4OS. The van der Waals surface area contributed by atoms with Crippen LogP contribution in [0.5, 0.6) is 0 Å². The Morgan fingerprint density at radius 2 is 1.97 bits per heavy atom. The molecule has 4 rings (SSSR count). The second kappa shape index (κ2) is 7.92. The summed E-state index contributed by atoms with van der Waals surface area (Å²) in [5.74, 6) is -0.529. The molecule has 2 aromatic heterocycles. The Morgan fingerprint density at radius 3 is 2.66 bits per heavy atom. The average molecular weight is 418 g/mol. The fraction of sp³-hybridized carbons (Fsp3) is 0.250. The predicted molar refractivity (Wildman–Crippen MR) is 104 cm³/mol. The van der Waals surface area contributed by atoms with Crippen molar-refractivity contribution in [3.63, 3.8) is 0 Å². The van der Waals surface area contributed by atoms with Gasteiger partial charge in [-0.1, -0.05) is 30.3 Å². The highest BCUT2D eigenvalue weighted by molar-refractivity contribution is 7.15. The quantitative estimate of drug-likeness (QED) is 0.684. The third-order valence-electron chi connectivity index (χ3n) is 4.60. The highest BCUT2D eigenvalue weighted by Gasteiger charge is 2.32. The Balaban J connectivity index is 1.41.